The number of halogens is 1. The Morgan fingerprint density at radius 3 is 2.59 bits per heavy atom. The molecule has 2 rings (SSSR count). The molecule has 0 saturated heterocycles. The number of ether oxygens (including phenoxy) is 1. The van der Waals surface area contributed by atoms with Crippen molar-refractivity contribution in [2.75, 3.05) is 19.5 Å². The van der Waals surface area contributed by atoms with E-state index in [-0.39, 0.29) is 22.6 Å². The second-order valence-electron chi connectivity index (χ2n) is 5.33. The van der Waals surface area contributed by atoms with Crippen LogP contribution in [0.4, 0.5) is 5.69 Å². The van der Waals surface area contributed by atoms with Crippen molar-refractivity contribution in [1.82, 2.24) is 10.5 Å². The summed E-state index contributed by atoms with van der Waals surface area (Å²) < 4.78 is 5.67. The number of aromatic nitrogens is 1. The van der Waals surface area contributed by atoms with Crippen LogP contribution in [0.15, 0.2) is 41.7 Å². The number of hydrogen-bond donors (Lipinski definition) is 3. The van der Waals surface area contributed by atoms with Crippen molar-refractivity contribution in [3.05, 3.63) is 47.1 Å². The molecule has 4 N–H and O–H groups in total. The zero-order valence-electron chi connectivity index (χ0n) is 15.0. The standard InChI is InChI=1S/C17H20ClN5O4/c1-10(16(24)23-26-3)21-12-4-6-13(7-5-12)27-17-14(18)8-11(9-20-17)15(19)22-25-2/h4-10,21H,1-3H3,(H2,19,22)(H,23,24). The molecule has 0 spiro atoms. The molecule has 0 aliphatic rings. The van der Waals surface area contributed by atoms with Gasteiger partial charge in [-0.15, -0.1) is 0 Å². The summed E-state index contributed by atoms with van der Waals surface area (Å²) in [6.07, 6.45) is 1.48. The second kappa shape index (κ2) is 9.60. The first-order chi connectivity index (χ1) is 12.9. The lowest BCUT2D eigenvalue weighted by atomic mass is 10.2. The van der Waals surface area contributed by atoms with Crippen molar-refractivity contribution in [1.29, 1.82) is 0 Å². The summed E-state index contributed by atoms with van der Waals surface area (Å²) in [6.45, 7) is 1.71. The van der Waals surface area contributed by atoms with Crippen LogP contribution in [0.1, 0.15) is 12.5 Å². The van der Waals surface area contributed by atoms with Crippen molar-refractivity contribution in [2.45, 2.75) is 13.0 Å². The molecule has 1 unspecified atom stereocenters. The Morgan fingerprint density at radius 2 is 2.00 bits per heavy atom. The number of rotatable bonds is 8. The highest BCUT2D eigenvalue weighted by molar-refractivity contribution is 6.32. The maximum Gasteiger partial charge on any atom is 0.265 e. The fourth-order valence-electron chi connectivity index (χ4n) is 2.03. The van der Waals surface area contributed by atoms with E-state index >= 15 is 0 Å². The molecule has 1 aromatic heterocycles. The van der Waals surface area contributed by atoms with Gasteiger partial charge >= 0.3 is 0 Å². The third kappa shape index (κ3) is 5.73. The number of nitrogens with zero attached hydrogens (tertiary/aromatic N) is 2. The van der Waals surface area contributed by atoms with E-state index in [2.05, 4.69) is 30.6 Å². The predicted octanol–water partition coefficient (Wildman–Crippen LogP) is 2.27. The highest BCUT2D eigenvalue weighted by Gasteiger charge is 2.12. The molecular weight excluding hydrogens is 374 g/mol. The zero-order chi connectivity index (χ0) is 19.8. The largest absolute Gasteiger partial charge is 0.438 e. The number of carbonyl (C=O) groups is 1. The van der Waals surface area contributed by atoms with Gasteiger partial charge in [0.05, 0.1) is 7.11 Å². The van der Waals surface area contributed by atoms with Gasteiger partial charge in [0.25, 0.3) is 5.91 Å². The summed E-state index contributed by atoms with van der Waals surface area (Å²) in [7, 11) is 2.77. The Labute approximate surface area is 161 Å². The van der Waals surface area contributed by atoms with Gasteiger partial charge in [-0.05, 0) is 37.3 Å². The fraction of sp³-hybridized carbons (Fsp3) is 0.235. The van der Waals surface area contributed by atoms with Gasteiger partial charge in [-0.3, -0.25) is 9.63 Å². The van der Waals surface area contributed by atoms with Crippen molar-refractivity contribution in [3.63, 3.8) is 0 Å². The smallest absolute Gasteiger partial charge is 0.265 e. The molecule has 1 heterocycles. The molecule has 9 nitrogen and oxygen atoms in total. The minimum absolute atomic E-state index is 0.153. The molecule has 0 saturated carbocycles. The van der Waals surface area contributed by atoms with Crippen LogP contribution in [0.25, 0.3) is 0 Å². The average Bonchev–Trinajstić information content (AvgIpc) is 2.65. The summed E-state index contributed by atoms with van der Waals surface area (Å²) in [4.78, 5) is 25.0. The van der Waals surface area contributed by atoms with E-state index in [1.165, 1.54) is 20.4 Å². The molecule has 144 valence electrons. The van der Waals surface area contributed by atoms with Gasteiger partial charge in [-0.25, -0.2) is 10.5 Å². The van der Waals surface area contributed by atoms with Crippen LogP contribution in [0.5, 0.6) is 11.6 Å². The quantitative estimate of drug-likeness (QED) is 0.357. The molecule has 0 aliphatic heterocycles. The number of amides is 1. The molecule has 0 radical (unpaired) electrons. The summed E-state index contributed by atoms with van der Waals surface area (Å²) >= 11 is 6.18. The average molecular weight is 394 g/mol. The van der Waals surface area contributed by atoms with E-state index in [0.29, 0.717) is 11.3 Å². The van der Waals surface area contributed by atoms with E-state index in [1.54, 1.807) is 37.3 Å². The van der Waals surface area contributed by atoms with Crippen LogP contribution in [-0.2, 0) is 14.5 Å². The van der Waals surface area contributed by atoms with Crippen LogP contribution in [0, 0.1) is 0 Å². The van der Waals surface area contributed by atoms with Crippen molar-refractivity contribution >= 4 is 29.0 Å². The van der Waals surface area contributed by atoms with E-state index in [0.717, 1.165) is 5.69 Å². The number of nitrogens with one attached hydrogen (secondary N) is 2. The molecule has 0 aliphatic carbocycles. The van der Waals surface area contributed by atoms with Crippen LogP contribution in [0.2, 0.25) is 5.02 Å². The predicted molar refractivity (Wildman–Crippen MR) is 102 cm³/mol. The van der Waals surface area contributed by atoms with Crippen molar-refractivity contribution in [3.8, 4) is 11.6 Å². The van der Waals surface area contributed by atoms with Crippen LogP contribution < -0.4 is 21.3 Å². The molecule has 0 bridgehead atoms. The Hall–Kier alpha value is -3.04. The topological polar surface area (TPSA) is 120 Å². The number of oxime groups is 1. The number of benzene rings is 1. The molecule has 1 amide bonds. The summed E-state index contributed by atoms with van der Waals surface area (Å²) in [5.41, 5.74) is 9.22. The minimum Gasteiger partial charge on any atom is -0.438 e. The Morgan fingerprint density at radius 1 is 1.30 bits per heavy atom. The third-order valence-electron chi connectivity index (χ3n) is 3.34. The molecule has 0 fully saturated rings. The van der Waals surface area contributed by atoms with Gasteiger partial charge in [-0.1, -0.05) is 16.8 Å². The maximum absolute atomic E-state index is 11.6. The summed E-state index contributed by atoms with van der Waals surface area (Å²) in [5, 5.41) is 6.92. The number of amidine groups is 1. The first kappa shape index (κ1) is 20.3. The molecular formula is C17H20ClN5O4. The highest BCUT2D eigenvalue weighted by Crippen LogP contribution is 2.28. The minimum atomic E-state index is -0.473. The second-order valence-corrected chi connectivity index (χ2v) is 5.74. The molecule has 1 aromatic carbocycles. The van der Waals surface area contributed by atoms with Gasteiger partial charge in [0, 0.05) is 17.4 Å². The lowest BCUT2D eigenvalue weighted by Crippen LogP contribution is -2.36. The van der Waals surface area contributed by atoms with Crippen LogP contribution >= 0.6 is 11.6 Å². The third-order valence-corrected chi connectivity index (χ3v) is 3.61. The first-order valence-corrected chi connectivity index (χ1v) is 8.22. The summed E-state index contributed by atoms with van der Waals surface area (Å²) in [5.74, 6) is 0.611. The van der Waals surface area contributed by atoms with Crippen LogP contribution in [-0.4, -0.2) is 37.0 Å². The van der Waals surface area contributed by atoms with Crippen molar-refractivity contribution < 1.29 is 19.2 Å². The van der Waals surface area contributed by atoms with Gasteiger partial charge in [0.1, 0.15) is 23.9 Å². The van der Waals surface area contributed by atoms with E-state index in [4.69, 9.17) is 22.1 Å². The van der Waals surface area contributed by atoms with Gasteiger partial charge < -0.3 is 20.6 Å². The molecule has 10 heteroatoms. The Balaban J connectivity index is 2.04. The number of nitrogens with two attached hydrogens (primary N) is 1. The fourth-order valence-corrected chi connectivity index (χ4v) is 2.23. The Kier molecular flexibility index (Phi) is 7.21. The van der Waals surface area contributed by atoms with E-state index < -0.39 is 6.04 Å². The van der Waals surface area contributed by atoms with E-state index in [9.17, 15) is 4.79 Å². The maximum atomic E-state index is 11.6. The monoisotopic (exact) mass is 393 g/mol. The SMILES string of the molecule is CO/N=C(\N)c1cnc(Oc2ccc(NC(C)C(=O)NOC)cc2)c(Cl)c1. The first-order valence-electron chi connectivity index (χ1n) is 7.84. The van der Waals surface area contributed by atoms with Crippen LogP contribution in [0.3, 0.4) is 0 Å². The van der Waals surface area contributed by atoms with Gasteiger partial charge in [0.15, 0.2) is 5.84 Å². The molecule has 2 aromatic rings. The Bertz CT molecular complexity index is 813. The number of anilines is 1. The number of carbonyl (C=O) groups excluding carboxylic acids is 1. The van der Waals surface area contributed by atoms with Gasteiger partial charge in [0.2, 0.25) is 5.88 Å². The van der Waals surface area contributed by atoms with Crippen molar-refractivity contribution in [2.24, 2.45) is 10.9 Å². The number of hydroxylamine groups is 1. The number of pyridine rings is 1. The zero-order valence-corrected chi connectivity index (χ0v) is 15.8. The van der Waals surface area contributed by atoms with Gasteiger partial charge in [-0.2, -0.15) is 0 Å². The molecule has 1 atom stereocenters. The molecule has 27 heavy (non-hydrogen) atoms. The normalized spacial score (nSPS) is 12.2. The highest BCUT2D eigenvalue weighted by atomic mass is 35.5. The summed E-state index contributed by atoms with van der Waals surface area (Å²) in [6, 6.07) is 8.06. The lowest BCUT2D eigenvalue weighted by Gasteiger charge is -2.14. The number of hydrogen-bond acceptors (Lipinski definition) is 7. The van der Waals surface area contributed by atoms with E-state index in [1.807, 2.05) is 0 Å². The lowest BCUT2D eigenvalue weighted by molar-refractivity contribution is -0.131.